The molecule has 2 aromatic carbocycles. The summed E-state index contributed by atoms with van der Waals surface area (Å²) in [6.07, 6.45) is 0. The predicted molar refractivity (Wildman–Crippen MR) is 122 cm³/mol. The Morgan fingerprint density at radius 2 is 1.70 bits per heavy atom. The summed E-state index contributed by atoms with van der Waals surface area (Å²) in [5, 5.41) is 9.89. The molecule has 0 fully saturated rings. The van der Waals surface area contributed by atoms with Crippen LogP contribution >= 0.6 is 11.8 Å². The van der Waals surface area contributed by atoms with E-state index < -0.39 is 5.97 Å². The van der Waals surface area contributed by atoms with Crippen molar-refractivity contribution in [1.82, 2.24) is 9.97 Å². The molecule has 0 saturated carbocycles. The molecule has 3 aromatic rings. The molecule has 1 heterocycles. The van der Waals surface area contributed by atoms with Crippen LogP contribution in [0, 0.1) is 0 Å². The van der Waals surface area contributed by atoms with E-state index in [0.717, 1.165) is 23.6 Å². The van der Waals surface area contributed by atoms with Crippen LogP contribution in [-0.4, -0.2) is 28.1 Å². The maximum atomic E-state index is 11.2. The van der Waals surface area contributed by atoms with Gasteiger partial charge in [0.15, 0.2) is 5.16 Å². The average molecular weight is 422 g/mol. The van der Waals surface area contributed by atoms with Gasteiger partial charge in [-0.05, 0) is 23.3 Å². The van der Waals surface area contributed by atoms with Crippen LogP contribution in [0.2, 0.25) is 0 Å². The molecule has 0 bridgehead atoms. The van der Waals surface area contributed by atoms with Crippen LogP contribution in [0.5, 0.6) is 0 Å². The highest BCUT2D eigenvalue weighted by molar-refractivity contribution is 7.98. The molecule has 0 amide bonds. The second-order valence-electron chi connectivity index (χ2n) is 8.28. The number of nitrogens with zero attached hydrogens (tertiary/aromatic N) is 3. The first-order valence-electron chi connectivity index (χ1n) is 9.82. The highest BCUT2D eigenvalue weighted by Gasteiger charge is 2.19. The van der Waals surface area contributed by atoms with Crippen LogP contribution in [0.25, 0.3) is 0 Å². The molecule has 0 spiro atoms. The normalized spacial score (nSPS) is 11.3. The number of benzene rings is 2. The quantitative estimate of drug-likeness (QED) is 0.407. The van der Waals surface area contributed by atoms with Crippen molar-refractivity contribution < 1.29 is 9.90 Å². The van der Waals surface area contributed by atoms with Gasteiger partial charge in [-0.3, -0.25) is 0 Å². The summed E-state index contributed by atoms with van der Waals surface area (Å²) in [5.41, 5.74) is 3.32. The van der Waals surface area contributed by atoms with Crippen molar-refractivity contribution in [2.75, 3.05) is 11.9 Å². The largest absolute Gasteiger partial charge is 0.478 e. The number of carboxylic acids is 1. The lowest BCUT2D eigenvalue weighted by Gasteiger charge is -2.23. The summed E-state index contributed by atoms with van der Waals surface area (Å²) in [4.78, 5) is 22.9. The smallest absolute Gasteiger partial charge is 0.335 e. The van der Waals surface area contributed by atoms with Gasteiger partial charge in [-0.15, -0.1) is 0 Å². The van der Waals surface area contributed by atoms with Gasteiger partial charge in [0, 0.05) is 30.8 Å². The fourth-order valence-electron chi connectivity index (χ4n) is 2.94. The fourth-order valence-corrected chi connectivity index (χ4v) is 3.73. The number of carbonyl (C=O) groups is 1. The van der Waals surface area contributed by atoms with Crippen LogP contribution in [0.3, 0.4) is 0 Å². The minimum atomic E-state index is -0.919. The Balaban J connectivity index is 1.84. The van der Waals surface area contributed by atoms with Crippen molar-refractivity contribution in [3.63, 3.8) is 0 Å². The molecule has 0 unspecified atom stereocenters. The van der Waals surface area contributed by atoms with Crippen LogP contribution in [0.15, 0.2) is 65.8 Å². The van der Waals surface area contributed by atoms with Crippen molar-refractivity contribution >= 4 is 23.5 Å². The summed E-state index contributed by atoms with van der Waals surface area (Å²) in [6, 6.07) is 19.3. The minimum absolute atomic E-state index is 0.107. The zero-order chi connectivity index (χ0) is 21.7. The number of aromatic carboxylic acids is 1. The zero-order valence-corrected chi connectivity index (χ0v) is 18.6. The van der Waals surface area contributed by atoms with E-state index in [1.807, 2.05) is 31.3 Å². The van der Waals surface area contributed by atoms with E-state index in [0.29, 0.717) is 16.5 Å². The van der Waals surface area contributed by atoms with E-state index in [1.54, 1.807) is 18.2 Å². The predicted octanol–water partition coefficient (Wildman–Crippen LogP) is 5.40. The van der Waals surface area contributed by atoms with Crippen molar-refractivity contribution in [3.05, 3.63) is 83.0 Å². The lowest BCUT2D eigenvalue weighted by molar-refractivity contribution is 0.0696. The molecule has 6 heteroatoms. The number of anilines is 1. The summed E-state index contributed by atoms with van der Waals surface area (Å²) in [6.45, 7) is 7.18. The Bertz CT molecular complexity index is 1020. The van der Waals surface area contributed by atoms with E-state index in [1.165, 1.54) is 17.3 Å². The fraction of sp³-hybridized carbons (Fsp3) is 0.292. The Morgan fingerprint density at radius 3 is 2.37 bits per heavy atom. The maximum Gasteiger partial charge on any atom is 0.335 e. The number of carboxylic acid groups (broad SMARTS) is 1. The summed E-state index contributed by atoms with van der Waals surface area (Å²) < 4.78 is 0. The Hall–Kier alpha value is -2.86. The summed E-state index contributed by atoms with van der Waals surface area (Å²) >= 11 is 1.52. The Morgan fingerprint density at radius 1 is 1.00 bits per heavy atom. The SMILES string of the molecule is CN(Cc1ccccc1)c1cc(C(C)(C)C)nc(SCc2cccc(C(=O)O)c2)n1. The molecule has 3 rings (SSSR count). The average Bonchev–Trinajstić information content (AvgIpc) is 2.72. The monoisotopic (exact) mass is 421 g/mol. The summed E-state index contributed by atoms with van der Waals surface area (Å²) in [7, 11) is 2.03. The van der Waals surface area contributed by atoms with Gasteiger partial charge < -0.3 is 10.0 Å². The minimum Gasteiger partial charge on any atom is -0.478 e. The molecule has 30 heavy (non-hydrogen) atoms. The van der Waals surface area contributed by atoms with Crippen molar-refractivity contribution in [1.29, 1.82) is 0 Å². The second-order valence-corrected chi connectivity index (χ2v) is 9.22. The van der Waals surface area contributed by atoms with Crippen LogP contribution < -0.4 is 4.90 Å². The molecule has 1 N–H and O–H groups in total. The van der Waals surface area contributed by atoms with Crippen molar-refractivity contribution in [2.24, 2.45) is 0 Å². The van der Waals surface area contributed by atoms with E-state index in [-0.39, 0.29) is 5.41 Å². The van der Waals surface area contributed by atoms with Gasteiger partial charge in [-0.1, -0.05) is 75.0 Å². The van der Waals surface area contributed by atoms with Gasteiger partial charge in [0.1, 0.15) is 5.82 Å². The lowest BCUT2D eigenvalue weighted by Crippen LogP contribution is -2.21. The van der Waals surface area contributed by atoms with E-state index in [2.05, 4.69) is 43.9 Å². The number of thioether (sulfide) groups is 1. The molecule has 5 nitrogen and oxygen atoms in total. The third-order valence-electron chi connectivity index (χ3n) is 4.66. The van der Waals surface area contributed by atoms with E-state index >= 15 is 0 Å². The van der Waals surface area contributed by atoms with Gasteiger partial charge >= 0.3 is 5.97 Å². The summed E-state index contributed by atoms with van der Waals surface area (Å²) in [5.74, 6) is 0.564. The van der Waals surface area contributed by atoms with Crippen molar-refractivity contribution in [3.8, 4) is 0 Å². The van der Waals surface area contributed by atoms with Gasteiger partial charge in [0.2, 0.25) is 0 Å². The number of aromatic nitrogens is 2. The highest BCUT2D eigenvalue weighted by atomic mass is 32.2. The Labute approximate surface area is 182 Å². The molecule has 0 atom stereocenters. The molecular formula is C24H27N3O2S. The third kappa shape index (κ3) is 5.83. The topological polar surface area (TPSA) is 66.3 Å². The second kappa shape index (κ2) is 9.30. The molecular weight excluding hydrogens is 394 g/mol. The maximum absolute atomic E-state index is 11.2. The van der Waals surface area contributed by atoms with Gasteiger partial charge in [0.05, 0.1) is 11.3 Å². The van der Waals surface area contributed by atoms with Crippen molar-refractivity contribution in [2.45, 2.75) is 43.6 Å². The number of hydrogen-bond acceptors (Lipinski definition) is 5. The lowest BCUT2D eigenvalue weighted by atomic mass is 9.92. The van der Waals surface area contributed by atoms with E-state index in [4.69, 9.17) is 9.97 Å². The van der Waals surface area contributed by atoms with Gasteiger partial charge in [-0.2, -0.15) is 0 Å². The van der Waals surface area contributed by atoms with Gasteiger partial charge in [0.25, 0.3) is 0 Å². The molecule has 156 valence electrons. The van der Waals surface area contributed by atoms with Crippen LogP contribution in [0.1, 0.15) is 48.0 Å². The zero-order valence-electron chi connectivity index (χ0n) is 17.8. The highest BCUT2D eigenvalue weighted by Crippen LogP contribution is 2.28. The molecule has 0 aliphatic heterocycles. The first-order chi connectivity index (χ1) is 14.2. The molecule has 1 aromatic heterocycles. The molecule has 0 saturated heterocycles. The number of hydrogen-bond donors (Lipinski definition) is 1. The first kappa shape index (κ1) is 21.8. The van der Waals surface area contributed by atoms with E-state index in [9.17, 15) is 9.90 Å². The standard InChI is InChI=1S/C24H27N3O2S/c1-24(2,3)20-14-21(27(4)15-17-9-6-5-7-10-17)26-23(25-20)30-16-18-11-8-12-19(13-18)22(28)29/h5-14H,15-16H2,1-4H3,(H,28,29). The Kier molecular flexibility index (Phi) is 6.77. The van der Waals surface area contributed by atoms with Gasteiger partial charge in [-0.25, -0.2) is 14.8 Å². The molecule has 0 radical (unpaired) electrons. The van der Waals surface area contributed by atoms with Crippen LogP contribution in [0.4, 0.5) is 5.82 Å². The third-order valence-corrected chi connectivity index (χ3v) is 5.57. The molecule has 0 aliphatic rings. The van der Waals surface area contributed by atoms with Crippen LogP contribution in [-0.2, 0) is 17.7 Å². The number of rotatable bonds is 7. The first-order valence-corrected chi connectivity index (χ1v) is 10.8. The molecule has 0 aliphatic carbocycles.